The van der Waals surface area contributed by atoms with Crippen molar-refractivity contribution in [1.82, 2.24) is 14.9 Å². The van der Waals surface area contributed by atoms with Crippen molar-refractivity contribution in [3.8, 4) is 0 Å². The number of carbonyl (C=O) groups is 1. The summed E-state index contributed by atoms with van der Waals surface area (Å²) in [5.74, 6) is -0.565. The van der Waals surface area contributed by atoms with E-state index in [0.717, 1.165) is 30.2 Å². The van der Waals surface area contributed by atoms with E-state index in [1.807, 2.05) is 13.8 Å². The Balaban J connectivity index is 1.58. The molecule has 0 aromatic carbocycles. The topological polar surface area (TPSA) is 61.4 Å². The van der Waals surface area contributed by atoms with E-state index >= 15 is 0 Å². The first-order valence-electron chi connectivity index (χ1n) is 7.89. The van der Waals surface area contributed by atoms with Gasteiger partial charge in [-0.25, -0.2) is 9.78 Å². The molecule has 1 fully saturated rings. The molecule has 2 amide bonds. The monoisotopic (exact) mass is 329 g/mol. The van der Waals surface area contributed by atoms with Crippen molar-refractivity contribution < 1.29 is 9.18 Å². The number of hydrogen-bond donors (Lipinski definition) is 1. The van der Waals surface area contributed by atoms with Gasteiger partial charge in [0.25, 0.3) is 0 Å². The van der Waals surface area contributed by atoms with Gasteiger partial charge in [0.1, 0.15) is 0 Å². The molecule has 1 N–H and O–H groups in total. The highest BCUT2D eigenvalue weighted by Crippen LogP contribution is 2.19. The van der Waals surface area contributed by atoms with Crippen LogP contribution in [0.1, 0.15) is 11.4 Å². The van der Waals surface area contributed by atoms with E-state index in [0.29, 0.717) is 18.8 Å². The number of carbonyl (C=O) groups excluding carboxylic acids is 1. The quantitative estimate of drug-likeness (QED) is 0.860. The van der Waals surface area contributed by atoms with E-state index < -0.39 is 5.95 Å². The number of aromatic nitrogens is 2. The first kappa shape index (κ1) is 16.2. The second-order valence-corrected chi connectivity index (χ2v) is 5.88. The number of halogens is 1. The van der Waals surface area contributed by atoms with E-state index in [2.05, 4.69) is 32.3 Å². The number of pyridine rings is 2. The number of amides is 2. The largest absolute Gasteiger partial charge is 0.368 e. The Bertz CT molecular complexity index is 706. The van der Waals surface area contributed by atoms with Crippen molar-refractivity contribution in [2.45, 2.75) is 13.8 Å². The summed E-state index contributed by atoms with van der Waals surface area (Å²) >= 11 is 0. The van der Waals surface area contributed by atoms with Gasteiger partial charge in [0.05, 0.1) is 11.9 Å². The third-order valence-corrected chi connectivity index (χ3v) is 3.98. The van der Waals surface area contributed by atoms with Crippen molar-refractivity contribution in [2.75, 3.05) is 36.4 Å². The van der Waals surface area contributed by atoms with Crippen molar-refractivity contribution >= 4 is 17.4 Å². The summed E-state index contributed by atoms with van der Waals surface area (Å²) in [6.45, 7) is 6.74. The van der Waals surface area contributed by atoms with Gasteiger partial charge in [-0.3, -0.25) is 4.98 Å². The Morgan fingerprint density at radius 1 is 1.12 bits per heavy atom. The second kappa shape index (κ2) is 6.82. The summed E-state index contributed by atoms with van der Waals surface area (Å²) in [5.41, 5.74) is 3.62. The highest BCUT2D eigenvalue weighted by Gasteiger charge is 2.21. The molecule has 2 aromatic rings. The molecule has 0 aliphatic carbocycles. The van der Waals surface area contributed by atoms with E-state index in [-0.39, 0.29) is 6.03 Å². The average Bonchev–Trinajstić information content (AvgIpc) is 2.56. The van der Waals surface area contributed by atoms with Crippen LogP contribution in [-0.4, -0.2) is 47.1 Å². The zero-order chi connectivity index (χ0) is 17.1. The van der Waals surface area contributed by atoms with E-state index in [4.69, 9.17) is 0 Å². The molecule has 0 atom stereocenters. The molecule has 6 nitrogen and oxygen atoms in total. The molecule has 126 valence electrons. The lowest BCUT2D eigenvalue weighted by atomic mass is 10.2. The molecule has 0 radical (unpaired) electrons. The molecule has 7 heteroatoms. The molecule has 3 rings (SSSR count). The van der Waals surface area contributed by atoms with Gasteiger partial charge in [-0.05, 0) is 38.1 Å². The number of hydrogen-bond acceptors (Lipinski definition) is 4. The number of anilines is 2. The van der Waals surface area contributed by atoms with E-state index in [1.165, 1.54) is 18.3 Å². The smallest absolute Gasteiger partial charge is 0.322 e. The zero-order valence-corrected chi connectivity index (χ0v) is 13.8. The summed E-state index contributed by atoms with van der Waals surface area (Å²) < 4.78 is 12.8. The maximum absolute atomic E-state index is 12.8. The van der Waals surface area contributed by atoms with Gasteiger partial charge in [0, 0.05) is 43.3 Å². The average molecular weight is 329 g/mol. The van der Waals surface area contributed by atoms with Crippen LogP contribution in [0.4, 0.5) is 20.6 Å². The van der Waals surface area contributed by atoms with Gasteiger partial charge in [0.2, 0.25) is 5.95 Å². The van der Waals surface area contributed by atoms with Crippen LogP contribution in [0.5, 0.6) is 0 Å². The zero-order valence-electron chi connectivity index (χ0n) is 13.8. The molecular weight excluding hydrogens is 309 g/mol. The van der Waals surface area contributed by atoms with Gasteiger partial charge in [0.15, 0.2) is 0 Å². The lowest BCUT2D eigenvalue weighted by Crippen LogP contribution is -2.50. The summed E-state index contributed by atoms with van der Waals surface area (Å²) in [7, 11) is 0. The van der Waals surface area contributed by atoms with Crippen LogP contribution in [0.3, 0.4) is 0 Å². The van der Waals surface area contributed by atoms with E-state index in [9.17, 15) is 9.18 Å². The number of nitrogens with one attached hydrogen (secondary N) is 1. The molecule has 0 saturated carbocycles. The van der Waals surface area contributed by atoms with Gasteiger partial charge in [-0.1, -0.05) is 0 Å². The fourth-order valence-electron chi connectivity index (χ4n) is 2.82. The highest BCUT2D eigenvalue weighted by atomic mass is 19.1. The van der Waals surface area contributed by atoms with Gasteiger partial charge in [-0.15, -0.1) is 0 Å². The van der Waals surface area contributed by atoms with Crippen LogP contribution in [0.2, 0.25) is 0 Å². The molecule has 24 heavy (non-hydrogen) atoms. The third kappa shape index (κ3) is 3.79. The Labute approximate surface area is 140 Å². The lowest BCUT2D eigenvalue weighted by Gasteiger charge is -2.36. The second-order valence-electron chi connectivity index (χ2n) is 5.88. The molecule has 1 aliphatic rings. The number of urea groups is 1. The first-order chi connectivity index (χ1) is 11.5. The molecule has 0 unspecified atom stereocenters. The highest BCUT2D eigenvalue weighted by molar-refractivity contribution is 5.89. The summed E-state index contributed by atoms with van der Waals surface area (Å²) in [5, 5.41) is 2.74. The first-order valence-corrected chi connectivity index (χ1v) is 7.89. The summed E-state index contributed by atoms with van der Waals surface area (Å²) in [6, 6.07) is 6.66. The van der Waals surface area contributed by atoms with Crippen molar-refractivity contribution in [3.63, 3.8) is 0 Å². The van der Waals surface area contributed by atoms with Crippen LogP contribution in [-0.2, 0) is 0 Å². The molecule has 2 aromatic heterocycles. The lowest BCUT2D eigenvalue weighted by molar-refractivity contribution is 0.208. The third-order valence-electron chi connectivity index (χ3n) is 3.98. The normalized spacial score (nSPS) is 14.6. The minimum Gasteiger partial charge on any atom is -0.368 e. The Morgan fingerprint density at radius 3 is 2.38 bits per heavy atom. The Morgan fingerprint density at radius 2 is 1.79 bits per heavy atom. The summed E-state index contributed by atoms with van der Waals surface area (Å²) in [6.07, 6.45) is 1.31. The minimum absolute atomic E-state index is 0.190. The molecule has 0 spiro atoms. The standard InChI is InChI=1S/C17H20FN5O/c1-12-9-15(10-13(2)20-12)22-5-7-23(8-6-22)17(24)21-14-3-4-16(18)19-11-14/h3-4,9-11H,5-8H2,1-2H3,(H,21,24). The van der Waals surface area contributed by atoms with Crippen molar-refractivity contribution in [1.29, 1.82) is 0 Å². The van der Waals surface area contributed by atoms with Crippen molar-refractivity contribution in [2.24, 2.45) is 0 Å². The molecular formula is C17H20FN5O. The predicted molar refractivity (Wildman–Crippen MR) is 90.7 cm³/mol. The maximum atomic E-state index is 12.8. The number of nitrogens with zero attached hydrogens (tertiary/aromatic N) is 4. The Hall–Kier alpha value is -2.70. The van der Waals surface area contributed by atoms with Crippen LogP contribution in [0.15, 0.2) is 30.5 Å². The minimum atomic E-state index is -0.565. The van der Waals surface area contributed by atoms with Crippen LogP contribution in [0, 0.1) is 19.8 Å². The SMILES string of the molecule is Cc1cc(N2CCN(C(=O)Nc3ccc(F)nc3)CC2)cc(C)n1. The van der Waals surface area contributed by atoms with E-state index in [1.54, 1.807) is 4.90 Å². The van der Waals surface area contributed by atoms with Crippen LogP contribution < -0.4 is 10.2 Å². The predicted octanol–water partition coefficient (Wildman–Crippen LogP) is 2.59. The van der Waals surface area contributed by atoms with Crippen molar-refractivity contribution in [3.05, 3.63) is 47.8 Å². The van der Waals surface area contributed by atoms with Crippen LogP contribution in [0.25, 0.3) is 0 Å². The van der Waals surface area contributed by atoms with Gasteiger partial charge in [-0.2, -0.15) is 4.39 Å². The number of rotatable bonds is 2. The molecule has 3 heterocycles. The fourth-order valence-corrected chi connectivity index (χ4v) is 2.82. The molecule has 0 bridgehead atoms. The molecule has 1 saturated heterocycles. The number of piperazine rings is 1. The summed E-state index contributed by atoms with van der Waals surface area (Å²) in [4.78, 5) is 24.2. The molecule has 1 aliphatic heterocycles. The Kier molecular flexibility index (Phi) is 4.59. The fraction of sp³-hybridized carbons (Fsp3) is 0.353. The number of aryl methyl sites for hydroxylation is 2. The van der Waals surface area contributed by atoms with Crippen LogP contribution >= 0.6 is 0 Å². The maximum Gasteiger partial charge on any atom is 0.322 e. The van der Waals surface area contributed by atoms with Gasteiger partial charge < -0.3 is 15.1 Å². The van der Waals surface area contributed by atoms with Gasteiger partial charge >= 0.3 is 6.03 Å².